The summed E-state index contributed by atoms with van der Waals surface area (Å²) in [5, 5.41) is 58.1. The first-order valence-electron chi connectivity index (χ1n) is 28.3. The van der Waals surface area contributed by atoms with E-state index in [2.05, 4.69) is 0 Å². The van der Waals surface area contributed by atoms with Crippen molar-refractivity contribution in [3.63, 3.8) is 0 Å². The Balaban J connectivity index is 1.27. The molecule has 0 saturated carbocycles. The fourth-order valence-electron chi connectivity index (χ4n) is 12.2. The van der Waals surface area contributed by atoms with Crippen LogP contribution in [0.25, 0.3) is 10.9 Å². The van der Waals surface area contributed by atoms with Crippen LogP contribution < -0.4 is 5.43 Å². The summed E-state index contributed by atoms with van der Waals surface area (Å²) >= 11 is 0. The van der Waals surface area contributed by atoms with Gasteiger partial charge in [-0.2, -0.15) is 0 Å². The van der Waals surface area contributed by atoms with Crippen molar-refractivity contribution < 1.29 is 73.0 Å². The first-order valence-corrected chi connectivity index (χ1v) is 28.3. The largest absolute Gasteiger partial charge is 0.477 e. The Morgan fingerprint density at radius 1 is 0.896 bits per heavy atom. The Hall–Kier alpha value is -3.15. The van der Waals surface area contributed by atoms with Gasteiger partial charge in [0.2, 0.25) is 5.43 Å². The third-order valence-corrected chi connectivity index (χ3v) is 16.9. The van der Waals surface area contributed by atoms with Gasteiger partial charge in [-0.3, -0.25) is 9.59 Å². The number of aliphatic hydroxyl groups excluding tert-OH is 2. The first-order chi connectivity index (χ1) is 36.1. The normalized spacial score (nSPS) is 37.4. The Labute approximate surface area is 457 Å². The number of pyridine rings is 1. The maximum Gasteiger partial charge on any atom is 0.341 e. The molecule has 1 aromatic heterocycles. The molecule has 0 bridgehead atoms. The number of hydrogen-bond acceptors (Lipinski definition) is 17. The molecule has 0 amide bonds. The zero-order valence-electron chi connectivity index (χ0n) is 48.9. The SMILES string of the molecule is CC[C@H]1OC(=O)[C@H](C)[C@@H](O[C@H]2C[C@@](C)(OC)[C@@H](OCCCOCCCCCc3ccc4c(c3)c(=O)c(C(=O)O)cn4CC)[C@H](C)O2)[C@H](C)[C@@H](O[C@@H]2O[C@H](C)C[C@H](N(C)C)[C@H]2O)[C@](C)(O)C[C@@H](C)CN(C)[C@H](C)[C@@H](O)[C@]1(C)O. The molecule has 440 valence electrons. The number of aromatic nitrogens is 1. The number of aliphatic hydroxyl groups is 4. The summed E-state index contributed by atoms with van der Waals surface area (Å²) in [5.41, 5.74) is -3.32. The molecule has 0 radical (unpaired) electrons. The van der Waals surface area contributed by atoms with Crippen LogP contribution in [0.5, 0.6) is 0 Å². The van der Waals surface area contributed by atoms with Gasteiger partial charge in [0.1, 0.15) is 35.6 Å². The summed E-state index contributed by atoms with van der Waals surface area (Å²) in [6.07, 6.45) is -2.36. The van der Waals surface area contributed by atoms with Gasteiger partial charge in [0.05, 0.1) is 47.1 Å². The number of carboxylic acids is 1. The van der Waals surface area contributed by atoms with E-state index in [0.717, 1.165) is 36.8 Å². The van der Waals surface area contributed by atoms with E-state index in [9.17, 15) is 39.9 Å². The number of esters is 1. The smallest absolute Gasteiger partial charge is 0.341 e. The highest BCUT2D eigenvalue weighted by molar-refractivity contribution is 5.92. The molecule has 5 N–H and O–H groups in total. The monoisotopic (exact) mass is 1090 g/mol. The third-order valence-electron chi connectivity index (χ3n) is 16.9. The van der Waals surface area contributed by atoms with Gasteiger partial charge in [-0.25, -0.2) is 4.79 Å². The van der Waals surface area contributed by atoms with Crippen LogP contribution >= 0.6 is 0 Å². The zero-order chi connectivity index (χ0) is 57.3. The molecule has 0 unspecified atom stereocenters. The number of hydrogen-bond donors (Lipinski definition) is 5. The van der Waals surface area contributed by atoms with Crippen LogP contribution in [0.15, 0.2) is 29.2 Å². The number of carboxylic acid groups (broad SMARTS) is 1. The van der Waals surface area contributed by atoms with E-state index in [4.69, 9.17) is 37.9 Å². The van der Waals surface area contributed by atoms with Gasteiger partial charge in [0.15, 0.2) is 12.6 Å². The minimum atomic E-state index is -1.83. The Morgan fingerprint density at radius 2 is 1.58 bits per heavy atom. The van der Waals surface area contributed by atoms with Crippen molar-refractivity contribution >= 4 is 22.8 Å². The molecule has 0 spiro atoms. The number of carbonyl (C=O) groups excluding carboxylic acids is 1. The maximum atomic E-state index is 14.6. The van der Waals surface area contributed by atoms with E-state index >= 15 is 0 Å². The Kier molecular flexibility index (Phi) is 23.5. The fraction of sp³-hybridized carbons (Fsp3) is 0.810. The lowest BCUT2D eigenvalue weighted by atomic mass is 9.77. The highest BCUT2D eigenvalue weighted by Gasteiger charge is 2.53. The third kappa shape index (κ3) is 15.9. The second kappa shape index (κ2) is 28.0. The molecule has 0 aliphatic carbocycles. The average molecular weight is 1090 g/mol. The number of unbranched alkanes of at least 4 members (excludes halogenated alkanes) is 2. The van der Waals surface area contributed by atoms with Gasteiger partial charge in [-0.15, -0.1) is 0 Å². The molecular formula is C58H97N3O16. The highest BCUT2D eigenvalue weighted by atomic mass is 16.7. The number of methoxy groups -OCH3 is 1. The van der Waals surface area contributed by atoms with E-state index in [1.54, 1.807) is 32.4 Å². The standard InChI is InChI=1S/C58H97N3O16/c1-16-45-58(11,69)50(64)38(7)60(14)32-34(3)30-56(9,68)51(77-55-48(63)44(59(12)13)28-35(4)73-55)36(5)49(37(6)54(67)75-45)76-46-31-57(10,70-15)52(39(8)74-46)72-27-21-26-71-25-20-18-19-22-40-23-24-43-41(29-40)47(62)42(53(65)66)33-61(43)17-2/h23-24,29,33-39,44-46,48-52,55,63-64,68-69H,16-22,25-28,30-32H2,1-15H3,(H,65,66)/t34-,35-,36+,37-,38-,39+,44+,45-,46+,48-,49+,50-,51-,52+,55+,56-,57-,58-/m1/s1. The number of fused-ring (bicyclic) bond motifs is 1. The number of carbonyl (C=O) groups is 2. The lowest BCUT2D eigenvalue weighted by Crippen LogP contribution is -2.61. The van der Waals surface area contributed by atoms with Crippen molar-refractivity contribution in [3.05, 3.63) is 45.7 Å². The Bertz CT molecular complexity index is 2260. The summed E-state index contributed by atoms with van der Waals surface area (Å²) in [5.74, 6) is -3.90. The van der Waals surface area contributed by atoms with Gasteiger partial charge in [-0.05, 0) is 145 Å². The van der Waals surface area contributed by atoms with Crippen LogP contribution in [0, 0.1) is 17.8 Å². The molecule has 3 saturated heterocycles. The van der Waals surface area contributed by atoms with Crippen LogP contribution in [0.1, 0.15) is 143 Å². The number of cyclic esters (lactones) is 1. The van der Waals surface area contributed by atoms with Crippen LogP contribution in [0.4, 0.5) is 0 Å². The number of rotatable bonds is 20. The molecular weight excluding hydrogens is 995 g/mol. The highest BCUT2D eigenvalue weighted by Crippen LogP contribution is 2.41. The number of aryl methyl sites for hydroxylation is 2. The lowest BCUT2D eigenvalue weighted by Gasteiger charge is -2.49. The molecule has 3 aliphatic heterocycles. The molecule has 1 aromatic carbocycles. The van der Waals surface area contributed by atoms with Gasteiger partial charge < -0.3 is 77.8 Å². The summed E-state index contributed by atoms with van der Waals surface area (Å²) in [4.78, 5) is 43.1. The summed E-state index contributed by atoms with van der Waals surface area (Å²) < 4.78 is 53.3. The van der Waals surface area contributed by atoms with Crippen molar-refractivity contribution in [1.29, 1.82) is 0 Å². The van der Waals surface area contributed by atoms with Gasteiger partial charge in [0, 0.05) is 76.0 Å². The fourth-order valence-corrected chi connectivity index (χ4v) is 12.2. The number of aromatic carboxylic acids is 1. The number of benzene rings is 1. The molecule has 2 aromatic rings. The quantitative estimate of drug-likeness (QED) is 0.0781. The Morgan fingerprint density at radius 3 is 2.22 bits per heavy atom. The van der Waals surface area contributed by atoms with Gasteiger partial charge >= 0.3 is 11.9 Å². The van der Waals surface area contributed by atoms with E-state index < -0.39 is 107 Å². The second-order valence-electron chi connectivity index (χ2n) is 23.6. The van der Waals surface area contributed by atoms with Gasteiger partial charge in [-0.1, -0.05) is 33.3 Å². The molecule has 4 heterocycles. The zero-order valence-corrected chi connectivity index (χ0v) is 48.9. The topological polar surface area (TPSA) is 238 Å². The number of nitrogens with zero attached hydrogens (tertiary/aromatic N) is 3. The summed E-state index contributed by atoms with van der Waals surface area (Å²) in [6.45, 7) is 22.4. The van der Waals surface area contributed by atoms with Crippen LogP contribution in [-0.4, -0.2) is 197 Å². The molecule has 19 nitrogen and oxygen atoms in total. The minimum absolute atomic E-state index is 0.169. The molecule has 18 atom stereocenters. The average Bonchev–Trinajstić information content (AvgIpc) is 3.37. The van der Waals surface area contributed by atoms with Crippen molar-refractivity contribution in [2.24, 2.45) is 17.8 Å². The number of ether oxygens (including phenoxy) is 8. The molecule has 5 rings (SSSR count). The minimum Gasteiger partial charge on any atom is -0.477 e. The molecule has 3 fully saturated rings. The van der Waals surface area contributed by atoms with E-state index in [0.29, 0.717) is 51.1 Å². The van der Waals surface area contributed by atoms with E-state index in [-0.39, 0.29) is 42.9 Å². The summed E-state index contributed by atoms with van der Waals surface area (Å²) in [7, 11) is 7.24. The lowest BCUT2D eigenvalue weighted by molar-refractivity contribution is -0.320. The van der Waals surface area contributed by atoms with E-state index in [1.807, 2.05) is 97.6 Å². The predicted molar refractivity (Wildman–Crippen MR) is 292 cm³/mol. The van der Waals surface area contributed by atoms with Crippen molar-refractivity contribution in [1.82, 2.24) is 14.4 Å². The molecule has 77 heavy (non-hydrogen) atoms. The van der Waals surface area contributed by atoms with Crippen LogP contribution in [-0.2, 0) is 55.7 Å². The molecule has 3 aliphatic rings. The first kappa shape index (κ1) is 64.7. The number of likely N-dealkylation sites (N-methyl/N-ethyl adjacent to an activating group) is 2. The second-order valence-corrected chi connectivity index (χ2v) is 23.6. The summed E-state index contributed by atoms with van der Waals surface area (Å²) in [6, 6.07) is 4.85. The predicted octanol–water partition coefficient (Wildman–Crippen LogP) is 5.78. The maximum absolute atomic E-state index is 14.6. The van der Waals surface area contributed by atoms with Crippen LogP contribution in [0.2, 0.25) is 0 Å². The van der Waals surface area contributed by atoms with Crippen LogP contribution in [0.3, 0.4) is 0 Å². The van der Waals surface area contributed by atoms with Crippen molar-refractivity contribution in [3.8, 4) is 0 Å². The van der Waals surface area contributed by atoms with Crippen molar-refractivity contribution in [2.75, 3.05) is 54.6 Å². The van der Waals surface area contributed by atoms with E-state index in [1.165, 1.54) is 13.1 Å². The molecule has 19 heteroatoms. The van der Waals surface area contributed by atoms with Gasteiger partial charge in [0.25, 0.3) is 0 Å². The van der Waals surface area contributed by atoms with Crippen molar-refractivity contribution in [2.45, 2.75) is 231 Å².